The lowest BCUT2D eigenvalue weighted by molar-refractivity contribution is 0.311. The van der Waals surface area contributed by atoms with Crippen LogP contribution in [0.25, 0.3) is 0 Å². The van der Waals surface area contributed by atoms with Gasteiger partial charge >= 0.3 is 0 Å². The van der Waals surface area contributed by atoms with Gasteiger partial charge in [-0.2, -0.15) is 4.98 Å². The molecule has 0 saturated heterocycles. The Hall–Kier alpha value is -1.31. The van der Waals surface area contributed by atoms with Crippen molar-refractivity contribution in [3.8, 4) is 0 Å². The maximum atomic E-state index is 8.86. The van der Waals surface area contributed by atoms with Crippen molar-refractivity contribution >= 4 is 39.5 Å². The summed E-state index contributed by atoms with van der Waals surface area (Å²) in [5.41, 5.74) is 5.57. The average molecular weight is 341 g/mol. The van der Waals surface area contributed by atoms with Gasteiger partial charge in [0.15, 0.2) is 0 Å². The monoisotopic (exact) mass is 340 g/mol. The Kier molecular flexibility index (Phi) is 5.00. The minimum atomic E-state index is 0.0340. The molecule has 2 rings (SSSR count). The van der Waals surface area contributed by atoms with Crippen LogP contribution in [0, 0.1) is 0 Å². The Balaban J connectivity index is 2.20. The van der Waals surface area contributed by atoms with Gasteiger partial charge in [-0.05, 0) is 24.3 Å². The van der Waals surface area contributed by atoms with Gasteiger partial charge < -0.3 is 16.2 Å². The molecule has 4 N–H and O–H groups in total. The summed E-state index contributed by atoms with van der Waals surface area (Å²) in [4.78, 5) is 10.1. The maximum absolute atomic E-state index is 8.86. The molecule has 0 aliphatic heterocycles. The molecular formula is C12H13BrN4OS. The van der Waals surface area contributed by atoms with Crippen LogP contribution in [-0.2, 0) is 0 Å². The molecule has 1 aromatic carbocycles. The standard InChI is InChI=1S/C12H13BrN4OS/c13-8-1-3-9(4-2-8)19-10-7-16-12(14)17-11(10)15-5-6-18/h1-4,7,18H,5-6H2,(H3,14,15,16,17). The molecular weight excluding hydrogens is 328 g/mol. The van der Waals surface area contributed by atoms with Gasteiger partial charge in [0.1, 0.15) is 5.82 Å². The number of hydrogen-bond acceptors (Lipinski definition) is 6. The molecule has 0 fully saturated rings. The van der Waals surface area contributed by atoms with Crippen LogP contribution in [0.4, 0.5) is 11.8 Å². The number of aliphatic hydroxyl groups excluding tert-OH is 1. The fourth-order valence-electron chi connectivity index (χ4n) is 1.39. The van der Waals surface area contributed by atoms with Crippen LogP contribution in [0.2, 0.25) is 0 Å². The molecule has 100 valence electrons. The Labute approximate surface area is 123 Å². The fraction of sp³-hybridized carbons (Fsp3) is 0.167. The Morgan fingerprint density at radius 2 is 2.05 bits per heavy atom. The van der Waals surface area contributed by atoms with E-state index in [9.17, 15) is 0 Å². The summed E-state index contributed by atoms with van der Waals surface area (Å²) < 4.78 is 1.03. The molecule has 0 atom stereocenters. The van der Waals surface area contributed by atoms with E-state index in [1.165, 1.54) is 11.8 Å². The molecule has 0 bridgehead atoms. The number of nitrogens with zero attached hydrogens (tertiary/aromatic N) is 2. The smallest absolute Gasteiger partial charge is 0.221 e. The van der Waals surface area contributed by atoms with Gasteiger partial charge in [-0.1, -0.05) is 27.7 Å². The first-order valence-electron chi connectivity index (χ1n) is 5.59. The molecule has 19 heavy (non-hydrogen) atoms. The zero-order valence-corrected chi connectivity index (χ0v) is 12.4. The molecule has 0 saturated carbocycles. The third-order valence-electron chi connectivity index (χ3n) is 2.22. The van der Waals surface area contributed by atoms with Crippen LogP contribution in [0.1, 0.15) is 0 Å². The molecule has 0 spiro atoms. The van der Waals surface area contributed by atoms with E-state index in [1.54, 1.807) is 6.20 Å². The van der Waals surface area contributed by atoms with Gasteiger partial charge in [0.25, 0.3) is 0 Å². The van der Waals surface area contributed by atoms with E-state index in [2.05, 4.69) is 31.2 Å². The van der Waals surface area contributed by atoms with Crippen molar-refractivity contribution in [1.29, 1.82) is 0 Å². The number of aromatic nitrogens is 2. The van der Waals surface area contributed by atoms with Crippen LogP contribution in [0.5, 0.6) is 0 Å². The van der Waals surface area contributed by atoms with Gasteiger partial charge in [0.2, 0.25) is 5.95 Å². The third kappa shape index (κ3) is 4.09. The summed E-state index contributed by atoms with van der Waals surface area (Å²) in [6, 6.07) is 7.95. The number of benzene rings is 1. The molecule has 0 amide bonds. The van der Waals surface area contributed by atoms with E-state index < -0.39 is 0 Å². The van der Waals surface area contributed by atoms with Gasteiger partial charge in [-0.15, -0.1) is 0 Å². The second-order valence-corrected chi connectivity index (χ2v) is 5.68. The van der Waals surface area contributed by atoms with Crippen molar-refractivity contribution in [1.82, 2.24) is 9.97 Å². The fourth-order valence-corrected chi connectivity index (χ4v) is 2.50. The minimum Gasteiger partial charge on any atom is -0.395 e. The first-order valence-corrected chi connectivity index (χ1v) is 7.20. The molecule has 0 aliphatic rings. The lowest BCUT2D eigenvalue weighted by Gasteiger charge is -2.10. The summed E-state index contributed by atoms with van der Waals surface area (Å²) in [5, 5.41) is 11.9. The predicted octanol–water partition coefficient (Wildman–Crippen LogP) is 2.38. The van der Waals surface area contributed by atoms with E-state index in [4.69, 9.17) is 10.8 Å². The number of nitrogens with one attached hydrogen (secondary N) is 1. The second kappa shape index (κ2) is 6.74. The Bertz CT molecular complexity index is 550. The highest BCUT2D eigenvalue weighted by atomic mass is 79.9. The molecule has 0 radical (unpaired) electrons. The van der Waals surface area contributed by atoms with Crippen molar-refractivity contribution in [2.45, 2.75) is 9.79 Å². The van der Waals surface area contributed by atoms with Crippen molar-refractivity contribution in [3.05, 3.63) is 34.9 Å². The number of hydrogen-bond donors (Lipinski definition) is 3. The van der Waals surface area contributed by atoms with Gasteiger partial charge in [0, 0.05) is 22.1 Å². The minimum absolute atomic E-state index is 0.0340. The number of halogens is 1. The zero-order valence-electron chi connectivity index (χ0n) is 10.0. The Morgan fingerprint density at radius 3 is 2.74 bits per heavy atom. The van der Waals surface area contributed by atoms with Crippen molar-refractivity contribution in [3.63, 3.8) is 0 Å². The maximum Gasteiger partial charge on any atom is 0.221 e. The van der Waals surface area contributed by atoms with Gasteiger partial charge in [-0.25, -0.2) is 4.98 Å². The van der Waals surface area contributed by atoms with Crippen LogP contribution in [0.3, 0.4) is 0 Å². The number of rotatable bonds is 5. The van der Waals surface area contributed by atoms with Gasteiger partial charge in [0.05, 0.1) is 11.5 Å². The van der Waals surface area contributed by atoms with Crippen molar-refractivity contribution < 1.29 is 5.11 Å². The van der Waals surface area contributed by atoms with E-state index in [-0.39, 0.29) is 12.6 Å². The highest BCUT2D eigenvalue weighted by molar-refractivity contribution is 9.10. The third-order valence-corrected chi connectivity index (χ3v) is 3.77. The first-order chi connectivity index (χ1) is 9.19. The summed E-state index contributed by atoms with van der Waals surface area (Å²) in [6.07, 6.45) is 1.68. The highest BCUT2D eigenvalue weighted by Crippen LogP contribution is 2.32. The second-order valence-electron chi connectivity index (χ2n) is 3.65. The van der Waals surface area contributed by atoms with E-state index in [1.807, 2.05) is 24.3 Å². The molecule has 0 aliphatic carbocycles. The summed E-state index contributed by atoms with van der Waals surface area (Å²) >= 11 is 4.94. The molecule has 1 aromatic heterocycles. The largest absolute Gasteiger partial charge is 0.395 e. The topological polar surface area (TPSA) is 84.1 Å². The number of nitrogen functional groups attached to an aromatic ring is 1. The van der Waals surface area contributed by atoms with Gasteiger partial charge in [-0.3, -0.25) is 0 Å². The lowest BCUT2D eigenvalue weighted by atomic mass is 10.4. The highest BCUT2D eigenvalue weighted by Gasteiger charge is 2.07. The zero-order chi connectivity index (χ0) is 13.7. The first kappa shape index (κ1) is 14.1. The van der Waals surface area contributed by atoms with E-state index >= 15 is 0 Å². The predicted molar refractivity (Wildman–Crippen MR) is 80.3 cm³/mol. The molecule has 2 aromatic rings. The summed E-state index contributed by atoms with van der Waals surface area (Å²) in [5.74, 6) is 0.843. The quantitative estimate of drug-likeness (QED) is 0.774. The normalized spacial score (nSPS) is 10.4. The van der Waals surface area contributed by atoms with Crippen molar-refractivity contribution in [2.75, 3.05) is 24.2 Å². The van der Waals surface area contributed by atoms with Crippen LogP contribution >= 0.6 is 27.7 Å². The number of anilines is 2. The average Bonchev–Trinajstić information content (AvgIpc) is 2.41. The Morgan fingerprint density at radius 1 is 1.32 bits per heavy atom. The van der Waals surface area contributed by atoms with Crippen LogP contribution in [0.15, 0.2) is 44.7 Å². The SMILES string of the molecule is Nc1ncc(Sc2ccc(Br)cc2)c(NCCO)n1. The molecule has 5 nitrogen and oxygen atoms in total. The summed E-state index contributed by atoms with van der Waals surface area (Å²) in [7, 11) is 0. The molecule has 0 unspecified atom stereocenters. The number of aliphatic hydroxyl groups is 1. The molecule has 1 heterocycles. The summed E-state index contributed by atoms with van der Waals surface area (Å²) in [6.45, 7) is 0.455. The molecule has 7 heteroatoms. The van der Waals surface area contributed by atoms with E-state index in [0.717, 1.165) is 14.3 Å². The van der Waals surface area contributed by atoms with Crippen LogP contribution in [-0.4, -0.2) is 28.2 Å². The lowest BCUT2D eigenvalue weighted by Crippen LogP contribution is -2.09. The van der Waals surface area contributed by atoms with E-state index in [0.29, 0.717) is 12.4 Å². The van der Waals surface area contributed by atoms with Crippen LogP contribution < -0.4 is 11.1 Å². The van der Waals surface area contributed by atoms with Crippen molar-refractivity contribution in [2.24, 2.45) is 0 Å². The number of nitrogens with two attached hydrogens (primary N) is 1.